The first-order chi connectivity index (χ1) is 9.15. The average molecular weight is 255 g/mol. The van der Waals surface area contributed by atoms with Gasteiger partial charge in [-0.15, -0.1) is 10.2 Å². The second-order valence-corrected chi connectivity index (χ2v) is 5.03. The molecule has 0 radical (unpaired) electrons. The Hall–Kier alpha value is -2.10. The van der Waals surface area contributed by atoms with Gasteiger partial charge in [0.15, 0.2) is 0 Å². The molecular formula is C15H17N3O. The number of rotatable bonds is 3. The summed E-state index contributed by atoms with van der Waals surface area (Å²) in [5.41, 5.74) is 9.71. The van der Waals surface area contributed by atoms with Crippen molar-refractivity contribution >= 4 is 5.82 Å². The Morgan fingerprint density at radius 3 is 2.68 bits per heavy atom. The average Bonchev–Trinajstić information content (AvgIpc) is 3.20. The highest BCUT2D eigenvalue weighted by Crippen LogP contribution is 2.31. The highest BCUT2D eigenvalue weighted by molar-refractivity contribution is 5.67. The molecule has 1 fully saturated rings. The van der Waals surface area contributed by atoms with Gasteiger partial charge in [-0.3, -0.25) is 0 Å². The zero-order valence-electron chi connectivity index (χ0n) is 11.2. The third kappa shape index (κ3) is 2.38. The van der Waals surface area contributed by atoms with Gasteiger partial charge in [-0.1, -0.05) is 12.1 Å². The molecule has 2 N–H and O–H groups in total. The normalized spacial score (nSPS) is 14.4. The van der Waals surface area contributed by atoms with Crippen molar-refractivity contribution in [3.63, 3.8) is 0 Å². The fourth-order valence-corrected chi connectivity index (χ4v) is 1.99. The van der Waals surface area contributed by atoms with Crippen LogP contribution < -0.4 is 10.5 Å². The monoisotopic (exact) mass is 255 g/mol. The number of ether oxygens (including phenoxy) is 1. The lowest BCUT2D eigenvalue weighted by Gasteiger charge is -2.10. The van der Waals surface area contributed by atoms with E-state index < -0.39 is 0 Å². The van der Waals surface area contributed by atoms with Crippen LogP contribution in [0.1, 0.15) is 24.0 Å². The van der Waals surface area contributed by atoms with Gasteiger partial charge < -0.3 is 10.5 Å². The molecule has 4 heteroatoms. The number of hydrogen-bond donors (Lipinski definition) is 1. The summed E-state index contributed by atoms with van der Waals surface area (Å²) in [7, 11) is 0. The van der Waals surface area contributed by atoms with E-state index in [9.17, 15) is 0 Å². The Morgan fingerprint density at radius 2 is 1.95 bits per heavy atom. The van der Waals surface area contributed by atoms with E-state index in [1.165, 1.54) is 0 Å². The summed E-state index contributed by atoms with van der Waals surface area (Å²) in [6.45, 7) is 3.98. The summed E-state index contributed by atoms with van der Waals surface area (Å²) >= 11 is 0. The lowest BCUT2D eigenvalue weighted by Crippen LogP contribution is -2.02. The predicted molar refractivity (Wildman–Crippen MR) is 75.0 cm³/mol. The standard InChI is InChI=1S/C15H17N3O/c1-9-10(2)15(16)18-17-14(9)11-4-3-5-13(8-11)19-12-6-7-12/h3-5,8,12H,6-7H2,1-2H3,(H2,16,18). The Balaban J connectivity index is 1.99. The lowest BCUT2D eigenvalue weighted by molar-refractivity contribution is 0.303. The SMILES string of the molecule is Cc1c(N)nnc(-c2cccc(OC3CC3)c2)c1C. The molecule has 0 atom stereocenters. The molecule has 1 aromatic heterocycles. The van der Waals surface area contributed by atoms with Crippen LogP contribution >= 0.6 is 0 Å². The third-order valence-electron chi connectivity index (χ3n) is 3.49. The smallest absolute Gasteiger partial charge is 0.149 e. The summed E-state index contributed by atoms with van der Waals surface area (Å²) in [5, 5.41) is 8.22. The molecule has 2 aromatic rings. The van der Waals surface area contributed by atoms with E-state index in [0.717, 1.165) is 41.0 Å². The number of aromatic nitrogens is 2. The Morgan fingerprint density at radius 1 is 1.16 bits per heavy atom. The van der Waals surface area contributed by atoms with Crippen LogP contribution in [-0.2, 0) is 0 Å². The van der Waals surface area contributed by atoms with Crippen LogP contribution in [0, 0.1) is 13.8 Å². The third-order valence-corrected chi connectivity index (χ3v) is 3.49. The van der Waals surface area contributed by atoms with Crippen molar-refractivity contribution in [2.24, 2.45) is 0 Å². The highest BCUT2D eigenvalue weighted by atomic mass is 16.5. The number of nitrogens with zero attached hydrogens (tertiary/aromatic N) is 2. The molecule has 1 aliphatic rings. The maximum Gasteiger partial charge on any atom is 0.149 e. The van der Waals surface area contributed by atoms with Crippen LogP contribution in [0.25, 0.3) is 11.3 Å². The first-order valence-corrected chi connectivity index (χ1v) is 6.51. The number of benzene rings is 1. The predicted octanol–water partition coefficient (Wildman–Crippen LogP) is 2.88. The molecule has 3 rings (SSSR count). The van der Waals surface area contributed by atoms with E-state index in [1.807, 2.05) is 38.1 Å². The van der Waals surface area contributed by atoms with Gasteiger partial charge in [-0.25, -0.2) is 0 Å². The van der Waals surface area contributed by atoms with Crippen molar-refractivity contribution in [3.05, 3.63) is 35.4 Å². The largest absolute Gasteiger partial charge is 0.490 e. The topological polar surface area (TPSA) is 61.0 Å². The van der Waals surface area contributed by atoms with Gasteiger partial charge in [0.25, 0.3) is 0 Å². The molecular weight excluding hydrogens is 238 g/mol. The molecule has 0 amide bonds. The van der Waals surface area contributed by atoms with Crippen molar-refractivity contribution in [3.8, 4) is 17.0 Å². The fraction of sp³-hybridized carbons (Fsp3) is 0.333. The minimum atomic E-state index is 0.399. The molecule has 19 heavy (non-hydrogen) atoms. The number of anilines is 1. The minimum absolute atomic E-state index is 0.399. The summed E-state index contributed by atoms with van der Waals surface area (Å²) in [5.74, 6) is 1.39. The zero-order valence-corrected chi connectivity index (χ0v) is 11.2. The van der Waals surface area contributed by atoms with E-state index in [2.05, 4.69) is 10.2 Å². The molecule has 4 nitrogen and oxygen atoms in total. The van der Waals surface area contributed by atoms with Crippen LogP contribution in [0.2, 0.25) is 0 Å². The van der Waals surface area contributed by atoms with Gasteiger partial charge in [-0.2, -0.15) is 0 Å². The maximum absolute atomic E-state index is 5.81. The van der Waals surface area contributed by atoms with E-state index in [0.29, 0.717) is 11.9 Å². The molecule has 0 unspecified atom stereocenters. The number of nitrogen functional groups attached to an aromatic ring is 1. The first-order valence-electron chi connectivity index (χ1n) is 6.51. The zero-order chi connectivity index (χ0) is 13.4. The van der Waals surface area contributed by atoms with Gasteiger partial charge in [-0.05, 0) is 49.9 Å². The molecule has 0 bridgehead atoms. The molecule has 0 saturated heterocycles. The molecule has 0 aliphatic heterocycles. The lowest BCUT2D eigenvalue weighted by atomic mass is 10.0. The Bertz CT molecular complexity index is 621. The Labute approximate surface area is 112 Å². The fourth-order valence-electron chi connectivity index (χ4n) is 1.99. The maximum atomic E-state index is 5.81. The molecule has 1 aliphatic carbocycles. The van der Waals surface area contributed by atoms with Gasteiger partial charge in [0, 0.05) is 5.56 Å². The van der Waals surface area contributed by atoms with Crippen LogP contribution in [0.15, 0.2) is 24.3 Å². The summed E-state index contributed by atoms with van der Waals surface area (Å²) in [6.07, 6.45) is 2.71. The number of nitrogens with two attached hydrogens (primary N) is 1. The minimum Gasteiger partial charge on any atom is -0.490 e. The molecule has 98 valence electrons. The van der Waals surface area contributed by atoms with Gasteiger partial charge in [0.1, 0.15) is 11.6 Å². The first kappa shape index (κ1) is 12.0. The highest BCUT2D eigenvalue weighted by Gasteiger charge is 2.23. The van der Waals surface area contributed by atoms with E-state index in [1.54, 1.807) is 0 Å². The van der Waals surface area contributed by atoms with Crippen LogP contribution in [-0.4, -0.2) is 16.3 Å². The second-order valence-electron chi connectivity index (χ2n) is 5.03. The summed E-state index contributed by atoms with van der Waals surface area (Å²) < 4.78 is 5.81. The Kier molecular flexibility index (Phi) is 2.85. The van der Waals surface area contributed by atoms with Crippen LogP contribution in [0.3, 0.4) is 0 Å². The van der Waals surface area contributed by atoms with Gasteiger partial charge in [0.05, 0.1) is 11.8 Å². The van der Waals surface area contributed by atoms with Crippen molar-refractivity contribution in [2.45, 2.75) is 32.8 Å². The van der Waals surface area contributed by atoms with Crippen molar-refractivity contribution in [2.75, 3.05) is 5.73 Å². The molecule has 0 spiro atoms. The number of hydrogen-bond acceptors (Lipinski definition) is 4. The van der Waals surface area contributed by atoms with Crippen LogP contribution in [0.5, 0.6) is 5.75 Å². The van der Waals surface area contributed by atoms with Crippen molar-refractivity contribution in [1.82, 2.24) is 10.2 Å². The van der Waals surface area contributed by atoms with Crippen molar-refractivity contribution in [1.29, 1.82) is 0 Å². The molecule has 1 aromatic carbocycles. The quantitative estimate of drug-likeness (QED) is 0.916. The molecule has 1 heterocycles. The van der Waals surface area contributed by atoms with Gasteiger partial charge >= 0.3 is 0 Å². The van der Waals surface area contributed by atoms with E-state index in [-0.39, 0.29) is 0 Å². The van der Waals surface area contributed by atoms with E-state index in [4.69, 9.17) is 10.5 Å². The van der Waals surface area contributed by atoms with Gasteiger partial charge in [0.2, 0.25) is 0 Å². The van der Waals surface area contributed by atoms with Crippen molar-refractivity contribution < 1.29 is 4.74 Å². The summed E-state index contributed by atoms with van der Waals surface area (Å²) in [6, 6.07) is 8.01. The molecule has 1 saturated carbocycles. The summed E-state index contributed by atoms with van der Waals surface area (Å²) in [4.78, 5) is 0. The van der Waals surface area contributed by atoms with E-state index >= 15 is 0 Å². The van der Waals surface area contributed by atoms with Crippen LogP contribution in [0.4, 0.5) is 5.82 Å². The second kappa shape index (κ2) is 4.53.